The molecule has 1 unspecified atom stereocenters. The van der Waals surface area contributed by atoms with E-state index in [1.807, 2.05) is 31.2 Å². The number of rotatable bonds is 7. The van der Waals surface area contributed by atoms with E-state index in [4.69, 9.17) is 4.74 Å². The van der Waals surface area contributed by atoms with Crippen molar-refractivity contribution in [2.75, 3.05) is 13.7 Å². The number of benzene rings is 1. The molecule has 4 heteroatoms. The number of hydrogen-bond donors (Lipinski definition) is 2. The lowest BCUT2D eigenvalue weighted by Crippen LogP contribution is -2.33. The zero-order valence-electron chi connectivity index (χ0n) is 11.0. The van der Waals surface area contributed by atoms with Gasteiger partial charge in [-0.1, -0.05) is 25.5 Å². The van der Waals surface area contributed by atoms with Gasteiger partial charge in [0, 0.05) is 6.54 Å². The van der Waals surface area contributed by atoms with Crippen LogP contribution in [0.2, 0.25) is 0 Å². The van der Waals surface area contributed by atoms with Crippen LogP contribution in [0.15, 0.2) is 24.3 Å². The number of hydrogen-bond acceptors (Lipinski definition) is 3. The average molecular weight is 251 g/mol. The second-order valence-corrected chi connectivity index (χ2v) is 4.27. The van der Waals surface area contributed by atoms with Crippen LogP contribution in [0.5, 0.6) is 5.75 Å². The molecule has 0 radical (unpaired) electrons. The van der Waals surface area contributed by atoms with E-state index >= 15 is 0 Å². The Morgan fingerprint density at radius 3 is 2.94 bits per heavy atom. The monoisotopic (exact) mass is 251 g/mol. The summed E-state index contributed by atoms with van der Waals surface area (Å²) in [6, 6.07) is 7.41. The summed E-state index contributed by atoms with van der Waals surface area (Å²) in [6.45, 7) is 2.32. The molecule has 1 atom stereocenters. The summed E-state index contributed by atoms with van der Waals surface area (Å²) in [5.74, 6) is 0.657. The molecule has 0 aliphatic carbocycles. The minimum absolute atomic E-state index is 0.0848. The normalized spacial score (nSPS) is 11.9. The van der Waals surface area contributed by atoms with Crippen LogP contribution in [0.4, 0.5) is 0 Å². The standard InChI is InChI=1S/C14H21NO3/c1-3-5-12(16)10-15-14(17)9-11-6-4-7-13(8-11)18-2/h4,6-8,12,16H,3,5,9-10H2,1-2H3,(H,15,17). The predicted molar refractivity (Wildman–Crippen MR) is 70.6 cm³/mol. The van der Waals surface area contributed by atoms with E-state index in [-0.39, 0.29) is 5.91 Å². The lowest BCUT2D eigenvalue weighted by atomic mass is 10.1. The second-order valence-electron chi connectivity index (χ2n) is 4.27. The molecule has 1 aromatic carbocycles. The Labute approximate surface area is 108 Å². The molecule has 0 spiro atoms. The predicted octanol–water partition coefficient (Wildman–Crippen LogP) is 1.51. The van der Waals surface area contributed by atoms with E-state index in [0.29, 0.717) is 19.4 Å². The number of nitrogens with one attached hydrogen (secondary N) is 1. The summed E-state index contributed by atoms with van der Waals surface area (Å²) >= 11 is 0. The van der Waals surface area contributed by atoms with Gasteiger partial charge < -0.3 is 15.2 Å². The van der Waals surface area contributed by atoms with E-state index in [9.17, 15) is 9.90 Å². The van der Waals surface area contributed by atoms with Crippen LogP contribution in [0, 0.1) is 0 Å². The number of carbonyl (C=O) groups excluding carboxylic acids is 1. The zero-order chi connectivity index (χ0) is 13.4. The van der Waals surface area contributed by atoms with E-state index in [1.165, 1.54) is 0 Å². The Morgan fingerprint density at radius 2 is 2.28 bits per heavy atom. The maximum absolute atomic E-state index is 11.7. The molecule has 0 saturated heterocycles. The number of aliphatic hydroxyl groups is 1. The van der Waals surface area contributed by atoms with Crippen molar-refractivity contribution in [3.05, 3.63) is 29.8 Å². The quantitative estimate of drug-likeness (QED) is 0.772. The number of carbonyl (C=O) groups is 1. The molecule has 0 saturated carbocycles. The lowest BCUT2D eigenvalue weighted by molar-refractivity contribution is -0.120. The van der Waals surface area contributed by atoms with Crippen LogP contribution < -0.4 is 10.1 Å². The molecule has 0 aliphatic heterocycles. The van der Waals surface area contributed by atoms with Crippen LogP contribution in [-0.4, -0.2) is 30.8 Å². The minimum atomic E-state index is -0.454. The van der Waals surface area contributed by atoms with Gasteiger partial charge in [-0.25, -0.2) is 0 Å². The Balaban J connectivity index is 2.39. The van der Waals surface area contributed by atoms with Crippen LogP contribution in [-0.2, 0) is 11.2 Å². The summed E-state index contributed by atoms with van der Waals surface area (Å²) in [5, 5.41) is 12.2. The van der Waals surface area contributed by atoms with Gasteiger partial charge >= 0.3 is 0 Å². The Hall–Kier alpha value is -1.55. The molecule has 0 fully saturated rings. The zero-order valence-corrected chi connectivity index (χ0v) is 11.0. The topological polar surface area (TPSA) is 58.6 Å². The molecule has 1 amide bonds. The molecule has 100 valence electrons. The second kappa shape index (κ2) is 7.71. The van der Waals surface area contributed by atoms with Gasteiger partial charge in [-0.05, 0) is 24.1 Å². The summed E-state index contributed by atoms with van der Waals surface area (Å²) in [4.78, 5) is 11.7. The van der Waals surface area contributed by atoms with Gasteiger partial charge in [0.25, 0.3) is 0 Å². The fourth-order valence-corrected chi connectivity index (χ4v) is 1.70. The first-order chi connectivity index (χ1) is 8.65. The van der Waals surface area contributed by atoms with Crippen molar-refractivity contribution in [1.29, 1.82) is 0 Å². The molecule has 1 aromatic rings. The number of aliphatic hydroxyl groups excluding tert-OH is 1. The molecular formula is C14H21NO3. The molecule has 0 bridgehead atoms. The summed E-state index contributed by atoms with van der Waals surface area (Å²) in [6.07, 6.45) is 1.46. The molecule has 0 aliphatic rings. The number of amides is 1. The Kier molecular flexibility index (Phi) is 6.22. The molecule has 0 aromatic heterocycles. The van der Waals surface area contributed by atoms with Crippen molar-refractivity contribution in [3.8, 4) is 5.75 Å². The molecule has 2 N–H and O–H groups in total. The van der Waals surface area contributed by atoms with E-state index in [1.54, 1.807) is 7.11 Å². The van der Waals surface area contributed by atoms with E-state index in [2.05, 4.69) is 5.32 Å². The SMILES string of the molecule is CCCC(O)CNC(=O)Cc1cccc(OC)c1. The Morgan fingerprint density at radius 1 is 1.50 bits per heavy atom. The van der Waals surface area contributed by atoms with Crippen molar-refractivity contribution >= 4 is 5.91 Å². The minimum Gasteiger partial charge on any atom is -0.497 e. The van der Waals surface area contributed by atoms with Gasteiger partial charge in [0.05, 0.1) is 19.6 Å². The van der Waals surface area contributed by atoms with Gasteiger partial charge in [0.15, 0.2) is 0 Å². The average Bonchev–Trinajstić information content (AvgIpc) is 2.37. The van der Waals surface area contributed by atoms with Gasteiger partial charge in [-0.2, -0.15) is 0 Å². The third-order valence-electron chi connectivity index (χ3n) is 2.66. The van der Waals surface area contributed by atoms with Crippen molar-refractivity contribution in [1.82, 2.24) is 5.32 Å². The summed E-state index contributed by atoms with van der Waals surface area (Å²) in [7, 11) is 1.60. The molecule has 4 nitrogen and oxygen atoms in total. The van der Waals surface area contributed by atoms with E-state index < -0.39 is 6.10 Å². The summed E-state index contributed by atoms with van der Waals surface area (Å²) in [5.41, 5.74) is 0.900. The lowest BCUT2D eigenvalue weighted by Gasteiger charge is -2.11. The third kappa shape index (κ3) is 5.19. The molecule has 0 heterocycles. The highest BCUT2D eigenvalue weighted by atomic mass is 16.5. The van der Waals surface area contributed by atoms with Crippen LogP contribution >= 0.6 is 0 Å². The van der Waals surface area contributed by atoms with Crippen LogP contribution in [0.1, 0.15) is 25.3 Å². The summed E-state index contributed by atoms with van der Waals surface area (Å²) < 4.78 is 5.09. The van der Waals surface area contributed by atoms with Gasteiger partial charge in [0.2, 0.25) is 5.91 Å². The largest absolute Gasteiger partial charge is 0.497 e. The van der Waals surface area contributed by atoms with Gasteiger partial charge in [-0.15, -0.1) is 0 Å². The van der Waals surface area contributed by atoms with E-state index in [0.717, 1.165) is 17.7 Å². The first-order valence-corrected chi connectivity index (χ1v) is 6.23. The van der Waals surface area contributed by atoms with Gasteiger partial charge in [-0.3, -0.25) is 4.79 Å². The molecular weight excluding hydrogens is 230 g/mol. The maximum atomic E-state index is 11.7. The molecule has 1 rings (SSSR count). The van der Waals surface area contributed by atoms with Crippen molar-refractivity contribution in [2.24, 2.45) is 0 Å². The van der Waals surface area contributed by atoms with Crippen molar-refractivity contribution < 1.29 is 14.6 Å². The first-order valence-electron chi connectivity index (χ1n) is 6.23. The highest BCUT2D eigenvalue weighted by Gasteiger charge is 2.07. The highest BCUT2D eigenvalue weighted by molar-refractivity contribution is 5.78. The van der Waals surface area contributed by atoms with Crippen LogP contribution in [0.25, 0.3) is 0 Å². The number of ether oxygens (including phenoxy) is 1. The maximum Gasteiger partial charge on any atom is 0.224 e. The first kappa shape index (κ1) is 14.5. The fourth-order valence-electron chi connectivity index (χ4n) is 1.70. The third-order valence-corrected chi connectivity index (χ3v) is 2.66. The fraction of sp³-hybridized carbons (Fsp3) is 0.500. The van der Waals surface area contributed by atoms with Gasteiger partial charge in [0.1, 0.15) is 5.75 Å². The number of methoxy groups -OCH3 is 1. The van der Waals surface area contributed by atoms with Crippen molar-refractivity contribution in [3.63, 3.8) is 0 Å². The van der Waals surface area contributed by atoms with Crippen molar-refractivity contribution in [2.45, 2.75) is 32.3 Å². The smallest absolute Gasteiger partial charge is 0.224 e. The Bertz CT molecular complexity index is 379. The molecule has 18 heavy (non-hydrogen) atoms. The van der Waals surface area contributed by atoms with Crippen LogP contribution in [0.3, 0.4) is 0 Å². The highest BCUT2D eigenvalue weighted by Crippen LogP contribution is 2.12.